The van der Waals surface area contributed by atoms with E-state index in [1.165, 1.54) is 18.2 Å². The first-order valence-electron chi connectivity index (χ1n) is 4.54. The third kappa shape index (κ3) is 2.02. The lowest BCUT2D eigenvalue weighted by molar-refractivity contribution is -0.103. The number of ether oxygens (including phenoxy) is 2. The molecule has 0 aliphatic carbocycles. The van der Waals surface area contributed by atoms with Gasteiger partial charge in [-0.2, -0.15) is 0 Å². The van der Waals surface area contributed by atoms with E-state index in [2.05, 4.69) is 0 Å². The maximum atomic E-state index is 11.5. The Morgan fingerprint density at radius 3 is 2.80 bits per heavy atom. The number of nitrogen functional groups attached to an aromatic ring is 1. The van der Waals surface area contributed by atoms with Crippen molar-refractivity contribution in [2.24, 2.45) is 0 Å². The number of hydrogen-bond acceptors (Lipinski definition) is 5. The molecule has 0 spiro atoms. The molecular weight excluding hydrogens is 198 g/mol. The average Bonchev–Trinajstić information content (AvgIpc) is 2.15. The van der Waals surface area contributed by atoms with E-state index in [9.17, 15) is 9.90 Å². The van der Waals surface area contributed by atoms with Crippen LogP contribution in [0.25, 0.3) is 0 Å². The lowest BCUT2D eigenvalue weighted by atomic mass is 10.2. The van der Waals surface area contributed by atoms with Crippen molar-refractivity contribution in [2.75, 3.05) is 18.9 Å². The summed E-state index contributed by atoms with van der Waals surface area (Å²) in [7, 11) is 0. The van der Waals surface area contributed by atoms with Gasteiger partial charge in [-0.05, 0) is 18.2 Å². The highest BCUT2D eigenvalue weighted by Crippen LogP contribution is 2.21. The minimum Gasteiger partial charge on any atom is -0.506 e. The normalized spacial score (nSPS) is 15.7. The maximum absolute atomic E-state index is 11.5. The van der Waals surface area contributed by atoms with Crippen molar-refractivity contribution in [3.8, 4) is 5.75 Å². The molecule has 1 fully saturated rings. The fourth-order valence-electron chi connectivity index (χ4n) is 1.17. The fourth-order valence-corrected chi connectivity index (χ4v) is 1.17. The molecule has 1 heterocycles. The van der Waals surface area contributed by atoms with E-state index in [4.69, 9.17) is 15.2 Å². The summed E-state index contributed by atoms with van der Waals surface area (Å²) in [6.07, 6.45) is -0.169. The summed E-state index contributed by atoms with van der Waals surface area (Å²) in [5, 5.41) is 9.30. The Labute approximate surface area is 86.4 Å². The van der Waals surface area contributed by atoms with Crippen LogP contribution < -0.4 is 5.73 Å². The molecule has 0 bridgehead atoms. The molecule has 1 saturated heterocycles. The molecule has 0 saturated carbocycles. The first kappa shape index (κ1) is 9.79. The number of carbonyl (C=O) groups excluding carboxylic acids is 1. The number of carbonyl (C=O) groups is 1. The molecule has 15 heavy (non-hydrogen) atoms. The maximum Gasteiger partial charge on any atom is 0.338 e. The first-order valence-corrected chi connectivity index (χ1v) is 4.54. The van der Waals surface area contributed by atoms with Crippen LogP contribution >= 0.6 is 0 Å². The molecule has 0 amide bonds. The molecular formula is C10H11NO4. The van der Waals surface area contributed by atoms with E-state index in [0.29, 0.717) is 13.2 Å². The zero-order valence-corrected chi connectivity index (χ0v) is 7.97. The van der Waals surface area contributed by atoms with E-state index in [-0.39, 0.29) is 23.1 Å². The van der Waals surface area contributed by atoms with Gasteiger partial charge in [0.1, 0.15) is 11.9 Å². The zero-order chi connectivity index (χ0) is 10.8. The van der Waals surface area contributed by atoms with Crippen molar-refractivity contribution >= 4 is 11.7 Å². The van der Waals surface area contributed by atoms with Gasteiger partial charge in [0.15, 0.2) is 0 Å². The number of hydrogen-bond donors (Lipinski definition) is 2. The highest BCUT2D eigenvalue weighted by atomic mass is 16.6. The van der Waals surface area contributed by atoms with Gasteiger partial charge in [-0.3, -0.25) is 0 Å². The van der Waals surface area contributed by atoms with Crippen molar-refractivity contribution in [1.82, 2.24) is 0 Å². The molecule has 0 atom stereocenters. The summed E-state index contributed by atoms with van der Waals surface area (Å²) in [5.41, 5.74) is 5.93. The predicted molar refractivity (Wildman–Crippen MR) is 52.5 cm³/mol. The largest absolute Gasteiger partial charge is 0.506 e. The van der Waals surface area contributed by atoms with Gasteiger partial charge >= 0.3 is 5.97 Å². The van der Waals surface area contributed by atoms with Gasteiger partial charge in [-0.15, -0.1) is 0 Å². The van der Waals surface area contributed by atoms with E-state index in [1.807, 2.05) is 0 Å². The summed E-state index contributed by atoms with van der Waals surface area (Å²) in [6, 6.07) is 4.26. The second-order valence-corrected chi connectivity index (χ2v) is 3.34. The molecule has 1 aliphatic rings. The SMILES string of the molecule is Nc1ccc(C(=O)OC2COC2)cc1O. The van der Waals surface area contributed by atoms with Gasteiger partial charge in [-0.1, -0.05) is 0 Å². The topological polar surface area (TPSA) is 81.8 Å². The fraction of sp³-hybridized carbons (Fsp3) is 0.300. The van der Waals surface area contributed by atoms with Gasteiger partial charge in [0.2, 0.25) is 0 Å². The molecule has 1 aromatic rings. The minimum atomic E-state index is -0.474. The number of aromatic hydroxyl groups is 1. The molecule has 5 nitrogen and oxygen atoms in total. The van der Waals surface area contributed by atoms with Gasteiger partial charge in [0, 0.05) is 0 Å². The van der Waals surface area contributed by atoms with Gasteiger partial charge in [-0.25, -0.2) is 4.79 Å². The predicted octanol–water partition coefficient (Wildman–Crippen LogP) is 0.530. The Morgan fingerprint density at radius 1 is 1.53 bits per heavy atom. The van der Waals surface area contributed by atoms with Gasteiger partial charge < -0.3 is 20.3 Å². The molecule has 0 unspecified atom stereocenters. The molecule has 0 radical (unpaired) electrons. The van der Waals surface area contributed by atoms with Crippen LogP contribution in [0.4, 0.5) is 5.69 Å². The summed E-state index contributed by atoms with van der Waals surface area (Å²) in [4.78, 5) is 11.5. The highest BCUT2D eigenvalue weighted by Gasteiger charge is 2.23. The van der Waals surface area contributed by atoms with Gasteiger partial charge in [0.25, 0.3) is 0 Å². The van der Waals surface area contributed by atoms with E-state index >= 15 is 0 Å². The van der Waals surface area contributed by atoms with Crippen LogP contribution in [0, 0.1) is 0 Å². The average molecular weight is 209 g/mol. The Kier molecular flexibility index (Phi) is 2.47. The Balaban J connectivity index is 2.07. The van der Waals surface area contributed by atoms with Crippen molar-refractivity contribution in [2.45, 2.75) is 6.10 Å². The van der Waals surface area contributed by atoms with Crippen molar-refractivity contribution in [3.05, 3.63) is 23.8 Å². The highest BCUT2D eigenvalue weighted by molar-refractivity contribution is 5.90. The number of nitrogens with two attached hydrogens (primary N) is 1. The van der Waals surface area contributed by atoms with Crippen LogP contribution in [0.2, 0.25) is 0 Å². The van der Waals surface area contributed by atoms with E-state index in [0.717, 1.165) is 0 Å². The van der Waals surface area contributed by atoms with Crippen LogP contribution in [0.15, 0.2) is 18.2 Å². The van der Waals surface area contributed by atoms with Crippen LogP contribution in [-0.4, -0.2) is 30.4 Å². The zero-order valence-electron chi connectivity index (χ0n) is 7.97. The summed E-state index contributed by atoms with van der Waals surface area (Å²) in [5.74, 6) is -0.590. The van der Waals surface area contributed by atoms with Crippen molar-refractivity contribution in [1.29, 1.82) is 0 Å². The quantitative estimate of drug-likeness (QED) is 0.422. The Morgan fingerprint density at radius 2 is 2.27 bits per heavy atom. The second-order valence-electron chi connectivity index (χ2n) is 3.34. The Bertz CT molecular complexity index is 387. The number of phenolic OH excluding ortho intramolecular Hbond substituents is 1. The standard InChI is InChI=1S/C10H11NO4/c11-8-2-1-6(3-9(8)12)10(13)15-7-4-14-5-7/h1-3,7,12H,4-5,11H2. The molecule has 1 aliphatic heterocycles. The van der Waals surface area contributed by atoms with E-state index in [1.54, 1.807) is 0 Å². The summed E-state index contributed by atoms with van der Waals surface area (Å²) < 4.78 is 9.92. The first-order chi connectivity index (χ1) is 7.16. The monoisotopic (exact) mass is 209 g/mol. The third-order valence-electron chi connectivity index (χ3n) is 2.15. The summed E-state index contributed by atoms with van der Waals surface area (Å²) in [6.45, 7) is 0.874. The third-order valence-corrected chi connectivity index (χ3v) is 2.15. The molecule has 80 valence electrons. The molecule has 0 aromatic heterocycles. The van der Waals surface area contributed by atoms with Crippen molar-refractivity contribution < 1.29 is 19.4 Å². The molecule has 5 heteroatoms. The number of phenols is 1. The van der Waals surface area contributed by atoms with Crippen LogP contribution in [0.3, 0.4) is 0 Å². The molecule has 1 aromatic carbocycles. The second kappa shape index (κ2) is 3.78. The number of anilines is 1. The molecule has 2 rings (SSSR count). The molecule has 3 N–H and O–H groups in total. The minimum absolute atomic E-state index is 0.116. The van der Waals surface area contributed by atoms with Crippen LogP contribution in [-0.2, 0) is 9.47 Å². The lowest BCUT2D eigenvalue weighted by Crippen LogP contribution is -2.37. The summed E-state index contributed by atoms with van der Waals surface area (Å²) >= 11 is 0. The van der Waals surface area contributed by atoms with Crippen LogP contribution in [0.1, 0.15) is 10.4 Å². The number of rotatable bonds is 2. The Hall–Kier alpha value is -1.75. The smallest absolute Gasteiger partial charge is 0.338 e. The van der Waals surface area contributed by atoms with Crippen LogP contribution in [0.5, 0.6) is 5.75 Å². The number of esters is 1. The lowest BCUT2D eigenvalue weighted by Gasteiger charge is -2.25. The van der Waals surface area contributed by atoms with E-state index < -0.39 is 5.97 Å². The number of benzene rings is 1. The van der Waals surface area contributed by atoms with Crippen molar-refractivity contribution in [3.63, 3.8) is 0 Å². The van der Waals surface area contributed by atoms with Gasteiger partial charge in [0.05, 0.1) is 24.5 Å².